The largest absolute Gasteiger partial charge is 0.496 e. The highest BCUT2D eigenvalue weighted by Gasteiger charge is 2.20. The first-order chi connectivity index (χ1) is 7.22. The number of nitrogens with one attached hydrogen (secondary N) is 1. The van der Waals surface area contributed by atoms with Crippen LogP contribution in [0.5, 0.6) is 5.75 Å². The van der Waals surface area contributed by atoms with Gasteiger partial charge in [-0.3, -0.25) is 0 Å². The molecule has 1 saturated heterocycles. The number of rotatable bonds is 2. The standard InChI is InChI=1S/C12H16FNO/c1-8-6-10(13)9(7-12(8)15-2)11-4-3-5-14-11/h6-7,11,14H,3-5H2,1-2H3. The number of ether oxygens (including phenoxy) is 1. The van der Waals surface area contributed by atoms with Crippen molar-refractivity contribution in [1.82, 2.24) is 5.32 Å². The van der Waals surface area contributed by atoms with Crippen molar-refractivity contribution in [1.29, 1.82) is 0 Å². The second kappa shape index (κ2) is 4.19. The molecule has 1 N–H and O–H groups in total. The van der Waals surface area contributed by atoms with E-state index in [0.29, 0.717) is 0 Å². The maximum absolute atomic E-state index is 13.7. The first-order valence-corrected chi connectivity index (χ1v) is 5.30. The summed E-state index contributed by atoms with van der Waals surface area (Å²) >= 11 is 0. The summed E-state index contributed by atoms with van der Waals surface area (Å²) in [5.41, 5.74) is 1.58. The summed E-state index contributed by atoms with van der Waals surface area (Å²) in [5, 5.41) is 3.29. The first kappa shape index (κ1) is 10.4. The van der Waals surface area contributed by atoms with Crippen LogP contribution in [-0.4, -0.2) is 13.7 Å². The van der Waals surface area contributed by atoms with Gasteiger partial charge in [0, 0.05) is 11.6 Å². The van der Waals surface area contributed by atoms with E-state index >= 15 is 0 Å². The van der Waals surface area contributed by atoms with Gasteiger partial charge in [-0.1, -0.05) is 0 Å². The minimum Gasteiger partial charge on any atom is -0.496 e. The fraction of sp³-hybridized carbons (Fsp3) is 0.500. The number of hydrogen-bond acceptors (Lipinski definition) is 2. The number of halogens is 1. The van der Waals surface area contributed by atoms with Crippen LogP contribution >= 0.6 is 0 Å². The number of hydrogen-bond donors (Lipinski definition) is 1. The normalized spacial score (nSPS) is 20.6. The Labute approximate surface area is 89.4 Å². The van der Waals surface area contributed by atoms with Gasteiger partial charge in [0.2, 0.25) is 0 Å². The molecule has 3 heteroatoms. The molecule has 1 aliphatic heterocycles. The summed E-state index contributed by atoms with van der Waals surface area (Å²) in [6.45, 7) is 2.83. The summed E-state index contributed by atoms with van der Waals surface area (Å²) in [6.07, 6.45) is 2.11. The third-order valence-electron chi connectivity index (χ3n) is 2.95. The molecular formula is C12H16FNO. The van der Waals surface area contributed by atoms with E-state index in [2.05, 4.69) is 5.32 Å². The first-order valence-electron chi connectivity index (χ1n) is 5.30. The van der Waals surface area contributed by atoms with E-state index in [4.69, 9.17) is 4.74 Å². The van der Waals surface area contributed by atoms with E-state index < -0.39 is 0 Å². The second-order valence-electron chi connectivity index (χ2n) is 3.99. The number of benzene rings is 1. The van der Waals surface area contributed by atoms with Crippen LogP contribution in [0.4, 0.5) is 4.39 Å². The number of methoxy groups -OCH3 is 1. The lowest BCUT2D eigenvalue weighted by atomic mass is 10.0. The third kappa shape index (κ3) is 1.97. The van der Waals surface area contributed by atoms with E-state index in [1.54, 1.807) is 13.2 Å². The molecule has 0 saturated carbocycles. The zero-order chi connectivity index (χ0) is 10.8. The van der Waals surface area contributed by atoms with Gasteiger partial charge in [0.05, 0.1) is 7.11 Å². The molecule has 1 atom stereocenters. The van der Waals surface area contributed by atoms with Crippen molar-refractivity contribution >= 4 is 0 Å². The Morgan fingerprint density at radius 2 is 2.27 bits per heavy atom. The van der Waals surface area contributed by atoms with Gasteiger partial charge >= 0.3 is 0 Å². The van der Waals surface area contributed by atoms with Crippen molar-refractivity contribution in [2.75, 3.05) is 13.7 Å². The van der Waals surface area contributed by atoms with E-state index in [1.165, 1.54) is 0 Å². The fourth-order valence-corrected chi connectivity index (χ4v) is 2.11. The number of aryl methyl sites for hydroxylation is 1. The Hall–Kier alpha value is -1.09. The average molecular weight is 209 g/mol. The topological polar surface area (TPSA) is 21.3 Å². The molecular weight excluding hydrogens is 193 g/mol. The third-order valence-corrected chi connectivity index (χ3v) is 2.95. The molecule has 1 heterocycles. The lowest BCUT2D eigenvalue weighted by Crippen LogP contribution is -2.14. The quantitative estimate of drug-likeness (QED) is 0.808. The van der Waals surface area contributed by atoms with Crippen LogP contribution in [0.3, 0.4) is 0 Å². The highest BCUT2D eigenvalue weighted by atomic mass is 19.1. The van der Waals surface area contributed by atoms with Gasteiger partial charge < -0.3 is 10.1 Å². The second-order valence-corrected chi connectivity index (χ2v) is 3.99. The molecule has 0 aliphatic carbocycles. The fourth-order valence-electron chi connectivity index (χ4n) is 2.11. The molecule has 0 radical (unpaired) electrons. The monoisotopic (exact) mass is 209 g/mol. The van der Waals surface area contributed by atoms with Crippen molar-refractivity contribution in [2.24, 2.45) is 0 Å². The molecule has 2 rings (SSSR count). The van der Waals surface area contributed by atoms with Crippen LogP contribution < -0.4 is 10.1 Å². The summed E-state index contributed by atoms with van der Waals surface area (Å²) in [7, 11) is 1.62. The van der Waals surface area contributed by atoms with E-state index in [1.807, 2.05) is 13.0 Å². The van der Waals surface area contributed by atoms with Crippen molar-refractivity contribution < 1.29 is 9.13 Å². The van der Waals surface area contributed by atoms with E-state index in [9.17, 15) is 4.39 Å². The Kier molecular flexibility index (Phi) is 2.91. The SMILES string of the molecule is COc1cc(C2CCCN2)c(F)cc1C. The molecule has 2 nitrogen and oxygen atoms in total. The molecule has 0 aromatic heterocycles. The van der Waals surface area contributed by atoms with Crippen molar-refractivity contribution in [2.45, 2.75) is 25.8 Å². The van der Waals surface area contributed by atoms with Gasteiger partial charge in [0.1, 0.15) is 11.6 Å². The van der Waals surface area contributed by atoms with Crippen molar-refractivity contribution in [3.05, 3.63) is 29.1 Å². The highest BCUT2D eigenvalue weighted by molar-refractivity contribution is 5.39. The van der Waals surface area contributed by atoms with Gasteiger partial charge in [-0.05, 0) is 44.0 Å². The summed E-state index contributed by atoms with van der Waals surface area (Å²) in [6, 6.07) is 3.52. The zero-order valence-electron chi connectivity index (χ0n) is 9.14. The van der Waals surface area contributed by atoms with Gasteiger partial charge in [0.25, 0.3) is 0 Å². The maximum Gasteiger partial charge on any atom is 0.128 e. The molecule has 1 aliphatic rings. The van der Waals surface area contributed by atoms with Crippen LogP contribution in [0, 0.1) is 12.7 Å². The van der Waals surface area contributed by atoms with Crippen LogP contribution in [0.2, 0.25) is 0 Å². The molecule has 82 valence electrons. The molecule has 1 fully saturated rings. The van der Waals surface area contributed by atoms with Crippen LogP contribution in [0.15, 0.2) is 12.1 Å². The molecule has 15 heavy (non-hydrogen) atoms. The smallest absolute Gasteiger partial charge is 0.128 e. The van der Waals surface area contributed by atoms with Gasteiger partial charge in [-0.25, -0.2) is 4.39 Å². The van der Waals surface area contributed by atoms with E-state index in [-0.39, 0.29) is 11.9 Å². The van der Waals surface area contributed by atoms with Gasteiger partial charge in [0.15, 0.2) is 0 Å². The Morgan fingerprint density at radius 1 is 1.47 bits per heavy atom. The predicted molar refractivity (Wildman–Crippen MR) is 57.7 cm³/mol. The molecule has 0 amide bonds. The molecule has 1 aromatic rings. The molecule has 0 spiro atoms. The summed E-state index contributed by atoms with van der Waals surface area (Å²) in [4.78, 5) is 0. The maximum atomic E-state index is 13.7. The van der Waals surface area contributed by atoms with Gasteiger partial charge in [-0.15, -0.1) is 0 Å². The van der Waals surface area contributed by atoms with E-state index in [0.717, 1.165) is 36.3 Å². The molecule has 0 bridgehead atoms. The minimum absolute atomic E-state index is 0.132. The Morgan fingerprint density at radius 3 is 2.87 bits per heavy atom. The lowest BCUT2D eigenvalue weighted by molar-refractivity contribution is 0.408. The highest BCUT2D eigenvalue weighted by Crippen LogP contribution is 2.30. The van der Waals surface area contributed by atoms with Crippen molar-refractivity contribution in [3.63, 3.8) is 0 Å². The minimum atomic E-state index is -0.132. The molecule has 1 unspecified atom stereocenters. The Balaban J connectivity index is 2.37. The van der Waals surface area contributed by atoms with Crippen molar-refractivity contribution in [3.8, 4) is 5.75 Å². The predicted octanol–water partition coefficient (Wildman–Crippen LogP) is 2.57. The average Bonchev–Trinajstić information content (AvgIpc) is 2.71. The van der Waals surface area contributed by atoms with Crippen LogP contribution in [0.25, 0.3) is 0 Å². The van der Waals surface area contributed by atoms with Crippen LogP contribution in [0.1, 0.15) is 30.0 Å². The lowest BCUT2D eigenvalue weighted by Gasteiger charge is -2.14. The van der Waals surface area contributed by atoms with Crippen LogP contribution in [-0.2, 0) is 0 Å². The summed E-state index contributed by atoms with van der Waals surface area (Å²) in [5.74, 6) is 0.632. The van der Waals surface area contributed by atoms with Gasteiger partial charge in [-0.2, -0.15) is 0 Å². The Bertz CT molecular complexity index is 359. The molecule has 1 aromatic carbocycles. The summed E-state index contributed by atoms with van der Waals surface area (Å²) < 4.78 is 18.9. The zero-order valence-corrected chi connectivity index (χ0v) is 9.14.